The van der Waals surface area contributed by atoms with Crippen molar-refractivity contribution in [3.63, 3.8) is 0 Å². The quantitative estimate of drug-likeness (QED) is 0.848. The van der Waals surface area contributed by atoms with Crippen LogP contribution in [0.5, 0.6) is 5.75 Å². The van der Waals surface area contributed by atoms with Crippen LogP contribution in [-0.4, -0.2) is 41.6 Å². The highest BCUT2D eigenvalue weighted by molar-refractivity contribution is 7.91. The predicted octanol–water partition coefficient (Wildman–Crippen LogP) is 1.11. The molecule has 7 heteroatoms. The number of fused-ring (bicyclic) bond motifs is 1. The van der Waals surface area contributed by atoms with Gasteiger partial charge in [0, 0.05) is 12.6 Å². The van der Waals surface area contributed by atoms with E-state index in [4.69, 9.17) is 4.74 Å². The minimum absolute atomic E-state index is 0.286. The first-order valence-corrected chi connectivity index (χ1v) is 8.48. The number of nitrogens with zero attached hydrogens (tertiary/aromatic N) is 3. The Balaban J connectivity index is 1.78. The molecule has 0 unspecified atom stereocenters. The molecule has 0 spiro atoms. The number of rotatable bonds is 3. The zero-order chi connectivity index (χ0) is 14.2. The first-order chi connectivity index (χ1) is 9.57. The monoisotopic (exact) mass is 295 g/mol. The van der Waals surface area contributed by atoms with Crippen LogP contribution in [0, 0.1) is 5.92 Å². The van der Waals surface area contributed by atoms with Crippen LogP contribution in [-0.2, 0) is 16.3 Å². The summed E-state index contributed by atoms with van der Waals surface area (Å²) in [5.74, 6) is 2.36. The first-order valence-electron chi connectivity index (χ1n) is 6.66. The van der Waals surface area contributed by atoms with E-state index in [9.17, 15) is 8.42 Å². The minimum Gasteiger partial charge on any atom is -0.493 e. The molecule has 0 bridgehead atoms. The van der Waals surface area contributed by atoms with E-state index in [1.807, 2.05) is 18.3 Å². The van der Waals surface area contributed by atoms with E-state index in [0.29, 0.717) is 30.2 Å². The van der Waals surface area contributed by atoms with E-state index in [2.05, 4.69) is 10.1 Å². The summed E-state index contributed by atoms with van der Waals surface area (Å²) in [6.07, 6.45) is 3.96. The van der Waals surface area contributed by atoms with Gasteiger partial charge in [-0.05, 0) is 30.9 Å². The van der Waals surface area contributed by atoms with Crippen molar-refractivity contribution >= 4 is 15.5 Å². The highest BCUT2D eigenvalue weighted by Gasteiger charge is 2.25. The van der Waals surface area contributed by atoms with Crippen molar-refractivity contribution in [2.45, 2.75) is 19.3 Å². The van der Waals surface area contributed by atoms with E-state index in [0.717, 1.165) is 12.2 Å². The Hall–Kier alpha value is -1.63. The Morgan fingerprint density at radius 2 is 2.15 bits per heavy atom. The molecule has 20 heavy (non-hydrogen) atoms. The van der Waals surface area contributed by atoms with Crippen molar-refractivity contribution in [1.82, 2.24) is 14.6 Å². The molecule has 3 heterocycles. The van der Waals surface area contributed by atoms with Gasteiger partial charge in [-0.25, -0.2) is 17.9 Å². The molecule has 0 radical (unpaired) electrons. The maximum Gasteiger partial charge on any atom is 0.198 e. The van der Waals surface area contributed by atoms with Crippen molar-refractivity contribution in [3.05, 3.63) is 24.2 Å². The molecule has 1 aliphatic heterocycles. The fourth-order valence-electron chi connectivity index (χ4n) is 2.57. The lowest BCUT2D eigenvalue weighted by Gasteiger charge is -2.20. The summed E-state index contributed by atoms with van der Waals surface area (Å²) in [5, 5.41) is 4.43. The first kappa shape index (κ1) is 13.4. The number of ether oxygens (including phenoxy) is 1. The third-order valence-corrected chi connectivity index (χ3v) is 5.45. The van der Waals surface area contributed by atoms with Crippen molar-refractivity contribution < 1.29 is 13.2 Å². The van der Waals surface area contributed by atoms with Gasteiger partial charge in [0.2, 0.25) is 0 Å². The van der Waals surface area contributed by atoms with Gasteiger partial charge in [-0.2, -0.15) is 5.10 Å². The Morgan fingerprint density at radius 3 is 2.85 bits per heavy atom. The van der Waals surface area contributed by atoms with Crippen LogP contribution in [0.2, 0.25) is 0 Å². The predicted molar refractivity (Wildman–Crippen MR) is 74.6 cm³/mol. The molecule has 2 aromatic heterocycles. The maximum atomic E-state index is 11.4. The van der Waals surface area contributed by atoms with Crippen LogP contribution in [0.3, 0.4) is 0 Å². The largest absolute Gasteiger partial charge is 0.493 e. The Bertz CT molecular complexity index is 710. The summed E-state index contributed by atoms with van der Waals surface area (Å²) in [7, 11) is -1.20. The standard InChI is InChI=1S/C13H17N3O3S/c1-19-11-3-2-6-16-13(11)14-12(15-16)9-10-4-7-20(17,18)8-5-10/h2-3,6,10H,4-5,7-9H2,1H3. The second-order valence-corrected chi connectivity index (χ2v) is 7.48. The molecular formula is C13H17N3O3S. The lowest BCUT2D eigenvalue weighted by Crippen LogP contribution is -2.24. The molecule has 0 aromatic carbocycles. The van der Waals surface area contributed by atoms with Gasteiger partial charge in [-0.3, -0.25) is 0 Å². The van der Waals surface area contributed by atoms with Crippen LogP contribution in [0.15, 0.2) is 18.3 Å². The molecular weight excluding hydrogens is 278 g/mol. The molecule has 108 valence electrons. The van der Waals surface area contributed by atoms with E-state index in [-0.39, 0.29) is 11.5 Å². The molecule has 1 aliphatic rings. The second kappa shape index (κ2) is 5.05. The van der Waals surface area contributed by atoms with E-state index >= 15 is 0 Å². The summed E-state index contributed by atoms with van der Waals surface area (Å²) in [5.41, 5.74) is 0.702. The number of aromatic nitrogens is 3. The average molecular weight is 295 g/mol. The van der Waals surface area contributed by atoms with Crippen molar-refractivity contribution in [3.8, 4) is 5.75 Å². The lowest BCUT2D eigenvalue weighted by atomic mass is 9.99. The molecule has 0 atom stereocenters. The smallest absolute Gasteiger partial charge is 0.198 e. The third kappa shape index (κ3) is 2.63. The van der Waals surface area contributed by atoms with Crippen molar-refractivity contribution in [1.29, 1.82) is 0 Å². The topological polar surface area (TPSA) is 73.6 Å². The van der Waals surface area contributed by atoms with E-state index in [1.165, 1.54) is 0 Å². The molecule has 1 saturated heterocycles. The number of sulfone groups is 1. The fourth-order valence-corrected chi connectivity index (χ4v) is 4.16. The highest BCUT2D eigenvalue weighted by Crippen LogP contribution is 2.23. The summed E-state index contributed by atoms with van der Waals surface area (Å²) < 4.78 is 29.8. The average Bonchev–Trinajstić information content (AvgIpc) is 2.83. The molecule has 0 N–H and O–H groups in total. The highest BCUT2D eigenvalue weighted by atomic mass is 32.2. The molecule has 0 amide bonds. The number of hydrogen-bond donors (Lipinski definition) is 0. The van der Waals surface area contributed by atoms with Crippen molar-refractivity contribution in [2.75, 3.05) is 18.6 Å². The SMILES string of the molecule is COc1cccn2nc(CC3CCS(=O)(=O)CC3)nc12. The fraction of sp³-hybridized carbons (Fsp3) is 0.538. The van der Waals surface area contributed by atoms with Crippen molar-refractivity contribution in [2.24, 2.45) is 5.92 Å². The van der Waals surface area contributed by atoms with Gasteiger partial charge in [0.25, 0.3) is 0 Å². The zero-order valence-electron chi connectivity index (χ0n) is 11.3. The van der Waals surface area contributed by atoms with Crippen LogP contribution < -0.4 is 4.74 Å². The molecule has 2 aromatic rings. The zero-order valence-corrected chi connectivity index (χ0v) is 12.1. The normalized spacial score (nSPS) is 19.2. The van der Waals surface area contributed by atoms with Gasteiger partial charge in [0.05, 0.1) is 18.6 Å². The van der Waals surface area contributed by atoms with E-state index < -0.39 is 9.84 Å². The van der Waals surface area contributed by atoms with Gasteiger partial charge >= 0.3 is 0 Å². The Morgan fingerprint density at radius 1 is 1.40 bits per heavy atom. The summed E-state index contributed by atoms with van der Waals surface area (Å²) in [6.45, 7) is 0. The van der Waals surface area contributed by atoms with Gasteiger partial charge in [-0.1, -0.05) is 0 Å². The molecule has 0 aliphatic carbocycles. The van der Waals surface area contributed by atoms with Crippen LogP contribution in [0.4, 0.5) is 0 Å². The lowest BCUT2D eigenvalue weighted by molar-refractivity contribution is 0.416. The second-order valence-electron chi connectivity index (χ2n) is 5.17. The number of pyridine rings is 1. The Kier molecular flexibility index (Phi) is 3.37. The van der Waals surface area contributed by atoms with Gasteiger partial charge < -0.3 is 4.74 Å². The van der Waals surface area contributed by atoms with Gasteiger partial charge in [0.1, 0.15) is 9.84 Å². The maximum absolute atomic E-state index is 11.4. The van der Waals surface area contributed by atoms with Crippen LogP contribution in [0.25, 0.3) is 5.65 Å². The molecule has 3 rings (SSSR count). The van der Waals surface area contributed by atoms with Crippen LogP contribution in [0.1, 0.15) is 18.7 Å². The van der Waals surface area contributed by atoms with Gasteiger partial charge in [0.15, 0.2) is 17.2 Å². The molecule has 6 nitrogen and oxygen atoms in total. The number of hydrogen-bond acceptors (Lipinski definition) is 5. The summed E-state index contributed by atoms with van der Waals surface area (Å²) in [6, 6.07) is 3.71. The summed E-state index contributed by atoms with van der Waals surface area (Å²) >= 11 is 0. The third-order valence-electron chi connectivity index (χ3n) is 3.74. The van der Waals surface area contributed by atoms with Crippen LogP contribution >= 0.6 is 0 Å². The Labute approximate surface area is 117 Å². The minimum atomic E-state index is -2.81. The number of methoxy groups -OCH3 is 1. The summed E-state index contributed by atoms with van der Waals surface area (Å²) in [4.78, 5) is 4.49. The van der Waals surface area contributed by atoms with E-state index in [1.54, 1.807) is 11.6 Å². The molecule has 1 fully saturated rings. The molecule has 0 saturated carbocycles. The van der Waals surface area contributed by atoms with Gasteiger partial charge in [-0.15, -0.1) is 0 Å².